The summed E-state index contributed by atoms with van der Waals surface area (Å²) in [5.74, 6) is -0.438. The number of rotatable bonds is 3. The molecule has 0 saturated carbocycles. The predicted molar refractivity (Wildman–Crippen MR) is 88.5 cm³/mol. The van der Waals surface area contributed by atoms with Gasteiger partial charge in [0, 0.05) is 17.5 Å². The molecule has 25 heavy (non-hydrogen) atoms. The molecule has 0 spiro atoms. The Morgan fingerprint density at radius 1 is 1.20 bits per heavy atom. The first-order valence-electron chi connectivity index (χ1n) is 7.14. The third kappa shape index (κ3) is 3.71. The van der Waals surface area contributed by atoms with Crippen LogP contribution in [0.25, 0.3) is 10.9 Å². The van der Waals surface area contributed by atoms with Crippen LogP contribution in [0.4, 0.5) is 23.4 Å². The van der Waals surface area contributed by atoms with Gasteiger partial charge in [0.25, 0.3) is 0 Å². The highest BCUT2D eigenvalue weighted by atomic mass is 79.9. The van der Waals surface area contributed by atoms with Crippen molar-refractivity contribution >= 4 is 32.7 Å². The molecule has 3 aromatic rings. The van der Waals surface area contributed by atoms with E-state index in [1.807, 2.05) is 0 Å². The van der Waals surface area contributed by atoms with Crippen molar-refractivity contribution in [3.05, 3.63) is 57.8 Å². The maximum atomic E-state index is 14.1. The lowest BCUT2D eigenvalue weighted by atomic mass is 10.1. The first kappa shape index (κ1) is 17.5. The van der Waals surface area contributed by atoms with Gasteiger partial charge in [0.05, 0.1) is 17.3 Å². The van der Waals surface area contributed by atoms with E-state index in [1.54, 1.807) is 19.2 Å². The molecule has 0 radical (unpaired) electrons. The van der Waals surface area contributed by atoms with E-state index in [0.29, 0.717) is 33.2 Å². The van der Waals surface area contributed by atoms with Crippen LogP contribution in [0.5, 0.6) is 0 Å². The average molecular weight is 415 g/mol. The summed E-state index contributed by atoms with van der Waals surface area (Å²) >= 11 is 3.24. The molecule has 0 aliphatic heterocycles. The van der Waals surface area contributed by atoms with Gasteiger partial charge in [-0.1, -0.05) is 12.1 Å². The van der Waals surface area contributed by atoms with Crippen LogP contribution in [-0.2, 0) is 12.7 Å². The van der Waals surface area contributed by atoms with Gasteiger partial charge < -0.3 is 5.32 Å². The molecule has 1 aromatic carbocycles. The van der Waals surface area contributed by atoms with E-state index in [-0.39, 0.29) is 12.1 Å². The molecule has 4 nitrogen and oxygen atoms in total. The maximum Gasteiger partial charge on any atom is 0.419 e. The molecule has 0 atom stereocenters. The van der Waals surface area contributed by atoms with E-state index in [2.05, 4.69) is 36.2 Å². The van der Waals surface area contributed by atoms with Crippen molar-refractivity contribution in [2.75, 3.05) is 5.32 Å². The van der Waals surface area contributed by atoms with Crippen molar-refractivity contribution in [3.63, 3.8) is 0 Å². The van der Waals surface area contributed by atoms with Crippen molar-refractivity contribution in [1.29, 1.82) is 0 Å². The summed E-state index contributed by atoms with van der Waals surface area (Å²) in [6, 6.07) is 4.86. The molecule has 0 aliphatic carbocycles. The van der Waals surface area contributed by atoms with Crippen molar-refractivity contribution in [1.82, 2.24) is 15.0 Å². The van der Waals surface area contributed by atoms with E-state index >= 15 is 0 Å². The second-order valence-corrected chi connectivity index (χ2v) is 6.09. The van der Waals surface area contributed by atoms with Crippen LogP contribution in [0.15, 0.2) is 35.1 Å². The lowest BCUT2D eigenvalue weighted by molar-refractivity contribution is -0.140. The second-order valence-electron chi connectivity index (χ2n) is 5.27. The Kier molecular flexibility index (Phi) is 4.59. The molecule has 2 aromatic heterocycles. The molecule has 0 unspecified atom stereocenters. The Morgan fingerprint density at radius 2 is 1.96 bits per heavy atom. The van der Waals surface area contributed by atoms with Gasteiger partial charge in [-0.05, 0) is 35.0 Å². The van der Waals surface area contributed by atoms with E-state index in [4.69, 9.17) is 0 Å². The number of aromatic nitrogens is 3. The number of anilines is 1. The van der Waals surface area contributed by atoms with Gasteiger partial charge in [0.1, 0.15) is 22.1 Å². The van der Waals surface area contributed by atoms with Gasteiger partial charge in [0.2, 0.25) is 0 Å². The zero-order valence-corrected chi connectivity index (χ0v) is 14.4. The molecule has 0 bridgehead atoms. The van der Waals surface area contributed by atoms with Crippen LogP contribution < -0.4 is 5.32 Å². The summed E-state index contributed by atoms with van der Waals surface area (Å²) in [5.41, 5.74) is -0.822. The second kappa shape index (κ2) is 6.55. The molecule has 9 heteroatoms. The van der Waals surface area contributed by atoms with Crippen molar-refractivity contribution in [3.8, 4) is 0 Å². The number of nitrogens with one attached hydrogen (secondary N) is 1. The number of benzene rings is 1. The molecule has 130 valence electrons. The van der Waals surface area contributed by atoms with Crippen LogP contribution in [0, 0.1) is 12.7 Å². The third-order valence-electron chi connectivity index (χ3n) is 3.49. The average Bonchev–Trinajstić information content (AvgIpc) is 2.53. The molecule has 3 rings (SSSR count). The quantitative estimate of drug-likeness (QED) is 0.490. The van der Waals surface area contributed by atoms with Crippen molar-refractivity contribution in [2.24, 2.45) is 0 Å². The number of halogens is 5. The van der Waals surface area contributed by atoms with E-state index in [0.717, 1.165) is 0 Å². The van der Waals surface area contributed by atoms with Crippen molar-refractivity contribution < 1.29 is 17.6 Å². The third-order valence-corrected chi connectivity index (χ3v) is 3.92. The normalized spacial score (nSPS) is 11.8. The lowest BCUT2D eigenvalue weighted by Crippen LogP contribution is -2.12. The summed E-state index contributed by atoms with van der Waals surface area (Å²) < 4.78 is 53.1. The topological polar surface area (TPSA) is 50.7 Å². The Bertz CT molecular complexity index is 943. The van der Waals surface area contributed by atoms with Crippen LogP contribution in [0.2, 0.25) is 0 Å². The van der Waals surface area contributed by atoms with Crippen molar-refractivity contribution in [2.45, 2.75) is 19.6 Å². The molecule has 2 heterocycles. The zero-order chi connectivity index (χ0) is 18.2. The standard InChI is InChI=1S/C16H11BrF4N4/c1-8-24-12-7-22-13(17)5-10(12)15(25-8)23-6-9-3-2-4-11(14(9)18)16(19,20)21/h2-5,7H,6H2,1H3,(H,23,24,25). The molecule has 0 saturated heterocycles. The van der Waals surface area contributed by atoms with Gasteiger partial charge in [0.15, 0.2) is 0 Å². The fourth-order valence-electron chi connectivity index (χ4n) is 2.37. The summed E-state index contributed by atoms with van der Waals surface area (Å²) in [6.07, 6.45) is -3.20. The highest BCUT2D eigenvalue weighted by molar-refractivity contribution is 9.10. The minimum Gasteiger partial charge on any atom is -0.365 e. The Labute approximate surface area is 148 Å². The smallest absolute Gasteiger partial charge is 0.365 e. The van der Waals surface area contributed by atoms with E-state index in [9.17, 15) is 17.6 Å². The maximum absolute atomic E-state index is 14.1. The first-order valence-corrected chi connectivity index (χ1v) is 7.93. The minimum absolute atomic E-state index is 0.104. The fourth-order valence-corrected chi connectivity index (χ4v) is 2.70. The Balaban J connectivity index is 1.95. The summed E-state index contributed by atoms with van der Waals surface area (Å²) in [4.78, 5) is 12.6. The van der Waals surface area contributed by atoms with Gasteiger partial charge in [-0.15, -0.1) is 0 Å². The zero-order valence-electron chi connectivity index (χ0n) is 12.8. The molecule has 0 fully saturated rings. The molecule has 1 N–H and O–H groups in total. The van der Waals surface area contributed by atoms with E-state index < -0.39 is 17.6 Å². The Morgan fingerprint density at radius 3 is 2.68 bits per heavy atom. The molecular weight excluding hydrogens is 404 g/mol. The predicted octanol–water partition coefficient (Wildman–Crippen LogP) is 4.87. The highest BCUT2D eigenvalue weighted by Crippen LogP contribution is 2.32. The van der Waals surface area contributed by atoms with Gasteiger partial charge >= 0.3 is 6.18 Å². The summed E-state index contributed by atoms with van der Waals surface area (Å²) in [5, 5.41) is 3.51. The largest absolute Gasteiger partial charge is 0.419 e. The highest BCUT2D eigenvalue weighted by Gasteiger charge is 2.34. The molecular formula is C16H11BrF4N4. The summed E-state index contributed by atoms with van der Waals surface area (Å²) in [6.45, 7) is 1.53. The van der Waals surface area contributed by atoms with Crippen LogP contribution >= 0.6 is 15.9 Å². The summed E-state index contributed by atoms with van der Waals surface area (Å²) in [7, 11) is 0. The monoisotopic (exact) mass is 414 g/mol. The minimum atomic E-state index is -4.74. The van der Waals surface area contributed by atoms with Gasteiger partial charge in [-0.3, -0.25) is 0 Å². The number of pyridine rings is 1. The number of nitrogens with zero attached hydrogens (tertiary/aromatic N) is 3. The molecule has 0 amide bonds. The number of fused-ring (bicyclic) bond motifs is 1. The number of aryl methyl sites for hydroxylation is 1. The van der Waals surface area contributed by atoms with Crippen LogP contribution in [-0.4, -0.2) is 15.0 Å². The fraction of sp³-hybridized carbons (Fsp3) is 0.188. The van der Waals surface area contributed by atoms with Crippen LogP contribution in [0.1, 0.15) is 17.0 Å². The SMILES string of the molecule is Cc1nc(NCc2cccc(C(F)(F)F)c2F)c2cc(Br)ncc2n1. The van der Waals surface area contributed by atoms with Crippen LogP contribution in [0.3, 0.4) is 0 Å². The van der Waals surface area contributed by atoms with Gasteiger partial charge in [-0.2, -0.15) is 13.2 Å². The number of alkyl halides is 3. The van der Waals surface area contributed by atoms with E-state index in [1.165, 1.54) is 12.1 Å². The number of hydrogen-bond acceptors (Lipinski definition) is 4. The first-order chi connectivity index (χ1) is 11.8. The molecule has 0 aliphatic rings. The van der Waals surface area contributed by atoms with Gasteiger partial charge in [-0.25, -0.2) is 19.3 Å². The lowest BCUT2D eigenvalue weighted by Gasteiger charge is -2.13. The Hall–Kier alpha value is -2.29. The number of hydrogen-bond donors (Lipinski definition) is 1.